The molecule has 0 bridgehead atoms. The van der Waals surface area contributed by atoms with Gasteiger partial charge in [-0.2, -0.15) is 5.10 Å². The van der Waals surface area contributed by atoms with Crippen molar-refractivity contribution >= 4 is 40.2 Å². The first-order valence-electron chi connectivity index (χ1n) is 9.82. The van der Waals surface area contributed by atoms with Gasteiger partial charge in [-0.15, -0.1) is 0 Å². The molecule has 0 saturated carbocycles. The van der Waals surface area contributed by atoms with E-state index in [1.807, 2.05) is 24.1 Å². The zero-order valence-electron chi connectivity index (χ0n) is 16.7. The lowest BCUT2D eigenvalue weighted by Gasteiger charge is -2.42. The highest BCUT2D eigenvalue weighted by Gasteiger charge is 2.53. The number of thioether (sulfide) groups is 1. The number of hydrogen-bond donors (Lipinski definition) is 0. The third-order valence-corrected chi connectivity index (χ3v) is 7.69. The number of ether oxygens (including phenoxy) is 1. The van der Waals surface area contributed by atoms with Crippen LogP contribution in [0.2, 0.25) is 0 Å². The van der Waals surface area contributed by atoms with E-state index in [0.717, 1.165) is 16.8 Å². The number of hydrazone groups is 1. The lowest BCUT2D eigenvalue weighted by molar-refractivity contribution is -0.134. The van der Waals surface area contributed by atoms with E-state index in [0.29, 0.717) is 11.7 Å². The topological polar surface area (TPSA) is 41.9 Å². The number of carbonyl (C=O) groups is 1. The minimum Gasteiger partial charge on any atom is -0.461 e. The van der Waals surface area contributed by atoms with Crippen LogP contribution >= 0.6 is 23.5 Å². The summed E-state index contributed by atoms with van der Waals surface area (Å²) in [6.45, 7) is 4.19. The van der Waals surface area contributed by atoms with Gasteiger partial charge in [0, 0.05) is 20.9 Å². The molecule has 3 aromatic carbocycles. The average molecular weight is 433 g/mol. The van der Waals surface area contributed by atoms with E-state index in [-0.39, 0.29) is 5.97 Å². The molecule has 0 atom stereocenters. The number of esters is 1. The number of aryl methyl sites for hydroxylation is 1. The maximum Gasteiger partial charge on any atom is 0.365 e. The van der Waals surface area contributed by atoms with Crippen LogP contribution in [0, 0.1) is 6.92 Å². The first-order chi connectivity index (χ1) is 14.6. The van der Waals surface area contributed by atoms with Crippen molar-refractivity contribution in [1.82, 2.24) is 0 Å². The Kier molecular flexibility index (Phi) is 4.83. The maximum absolute atomic E-state index is 12.7. The molecule has 0 unspecified atom stereocenters. The number of carbonyl (C=O) groups excluding carboxylic acids is 1. The highest BCUT2D eigenvalue weighted by Crippen LogP contribution is 2.59. The van der Waals surface area contributed by atoms with E-state index in [1.165, 1.54) is 27.1 Å². The van der Waals surface area contributed by atoms with Crippen molar-refractivity contribution in [3.63, 3.8) is 0 Å². The van der Waals surface area contributed by atoms with Gasteiger partial charge in [-0.05, 0) is 38.1 Å². The van der Waals surface area contributed by atoms with Crippen LogP contribution in [0.1, 0.15) is 23.6 Å². The number of anilines is 1. The van der Waals surface area contributed by atoms with Crippen LogP contribution in [0.15, 0.2) is 87.7 Å². The van der Waals surface area contributed by atoms with Crippen LogP contribution < -0.4 is 5.01 Å². The Morgan fingerprint density at radius 3 is 2.17 bits per heavy atom. The van der Waals surface area contributed by atoms with Gasteiger partial charge in [0.1, 0.15) is 0 Å². The van der Waals surface area contributed by atoms with E-state index < -0.39 is 4.87 Å². The smallest absolute Gasteiger partial charge is 0.365 e. The first-order valence-corrected chi connectivity index (χ1v) is 11.5. The van der Waals surface area contributed by atoms with Crippen molar-refractivity contribution in [2.75, 3.05) is 11.6 Å². The summed E-state index contributed by atoms with van der Waals surface area (Å²) < 4.78 is 5.32. The molecular weight excluding hydrogens is 412 g/mol. The molecule has 3 aromatic rings. The number of nitrogens with zero attached hydrogens (tertiary/aromatic N) is 2. The molecule has 0 aromatic heterocycles. The highest BCUT2D eigenvalue weighted by atomic mass is 32.2. The number of hydrogen-bond acceptors (Lipinski definition) is 6. The van der Waals surface area contributed by atoms with E-state index >= 15 is 0 Å². The molecule has 30 heavy (non-hydrogen) atoms. The average Bonchev–Trinajstić information content (AvgIpc) is 3.16. The number of benzene rings is 3. The molecule has 5 rings (SSSR count). The second-order valence-electron chi connectivity index (χ2n) is 7.11. The minimum absolute atomic E-state index is 0.318. The van der Waals surface area contributed by atoms with Gasteiger partial charge in [-0.3, -0.25) is 0 Å². The van der Waals surface area contributed by atoms with Crippen LogP contribution in [0.4, 0.5) is 5.69 Å². The second kappa shape index (κ2) is 7.52. The summed E-state index contributed by atoms with van der Waals surface area (Å²) in [4.78, 5) is 14.4. The predicted molar refractivity (Wildman–Crippen MR) is 123 cm³/mol. The van der Waals surface area contributed by atoms with Crippen LogP contribution in [0.5, 0.6) is 0 Å². The predicted octanol–water partition coefficient (Wildman–Crippen LogP) is 5.79. The largest absolute Gasteiger partial charge is 0.461 e. The Morgan fingerprint density at radius 2 is 1.57 bits per heavy atom. The van der Waals surface area contributed by atoms with Gasteiger partial charge >= 0.3 is 5.97 Å². The van der Waals surface area contributed by atoms with E-state index in [4.69, 9.17) is 9.84 Å². The third kappa shape index (κ3) is 2.94. The fourth-order valence-electron chi connectivity index (χ4n) is 3.84. The van der Waals surface area contributed by atoms with Gasteiger partial charge in [0.05, 0.1) is 12.3 Å². The van der Waals surface area contributed by atoms with Crippen molar-refractivity contribution in [2.24, 2.45) is 5.10 Å². The molecule has 0 radical (unpaired) electrons. The van der Waals surface area contributed by atoms with Crippen molar-refractivity contribution in [3.8, 4) is 0 Å². The van der Waals surface area contributed by atoms with E-state index in [2.05, 4.69) is 67.6 Å². The second-order valence-corrected chi connectivity index (χ2v) is 9.38. The summed E-state index contributed by atoms with van der Waals surface area (Å²) in [6, 6.07) is 25.0. The molecule has 6 heteroatoms. The summed E-state index contributed by atoms with van der Waals surface area (Å²) >= 11 is 3.22. The summed E-state index contributed by atoms with van der Waals surface area (Å²) in [5.74, 6) is -0.385. The van der Waals surface area contributed by atoms with Crippen LogP contribution in [0.25, 0.3) is 0 Å². The standard InChI is InChI=1S/C24H20N2O2S2/c1-3-28-23(27)22-25-26(17-14-12-16(2)13-15-17)24(30-22)18-8-4-6-10-20(18)29-21-11-7-5-9-19(21)24/h4-15H,3H2,1-2H3. The van der Waals surface area contributed by atoms with Crippen LogP contribution in [0.3, 0.4) is 0 Å². The van der Waals surface area contributed by atoms with Crippen molar-refractivity contribution in [3.05, 3.63) is 89.5 Å². The normalized spacial score (nSPS) is 16.1. The molecule has 1 spiro atoms. The van der Waals surface area contributed by atoms with Crippen LogP contribution in [-0.2, 0) is 14.4 Å². The third-order valence-electron chi connectivity index (χ3n) is 5.19. The number of rotatable bonds is 3. The summed E-state index contributed by atoms with van der Waals surface area (Å²) in [6.07, 6.45) is 0. The molecular formula is C24H20N2O2S2. The van der Waals surface area contributed by atoms with E-state index in [1.54, 1.807) is 11.8 Å². The number of fused-ring (bicyclic) bond motifs is 4. The molecule has 0 amide bonds. The molecule has 0 N–H and O–H groups in total. The Morgan fingerprint density at radius 1 is 0.967 bits per heavy atom. The van der Waals surface area contributed by atoms with Gasteiger partial charge in [-0.25, -0.2) is 9.80 Å². The Hall–Kier alpha value is -2.70. The fourth-order valence-corrected chi connectivity index (χ4v) is 6.50. The Bertz CT molecular complexity index is 1110. The minimum atomic E-state index is -0.671. The lowest BCUT2D eigenvalue weighted by Crippen LogP contribution is -2.41. The van der Waals surface area contributed by atoms with E-state index in [9.17, 15) is 4.79 Å². The van der Waals surface area contributed by atoms with Gasteiger partial charge in [0.2, 0.25) is 5.04 Å². The molecule has 0 aliphatic carbocycles. The molecule has 2 aliphatic rings. The lowest BCUT2D eigenvalue weighted by atomic mass is 9.95. The SMILES string of the molecule is CCOC(=O)C1=NN(c2ccc(C)cc2)C2(S1)c1ccccc1Sc1ccccc12. The quantitative estimate of drug-likeness (QED) is 0.490. The maximum atomic E-state index is 12.7. The summed E-state index contributed by atoms with van der Waals surface area (Å²) in [5.41, 5.74) is 4.36. The van der Waals surface area contributed by atoms with Crippen LogP contribution in [-0.4, -0.2) is 17.6 Å². The highest BCUT2D eigenvalue weighted by molar-refractivity contribution is 8.17. The van der Waals surface area contributed by atoms with Gasteiger partial charge in [0.25, 0.3) is 0 Å². The zero-order chi connectivity index (χ0) is 20.7. The zero-order valence-corrected chi connectivity index (χ0v) is 18.3. The van der Waals surface area contributed by atoms with Crippen molar-refractivity contribution in [1.29, 1.82) is 0 Å². The molecule has 2 heterocycles. The van der Waals surface area contributed by atoms with Gasteiger partial charge in [0.15, 0.2) is 4.87 Å². The van der Waals surface area contributed by atoms with Crippen molar-refractivity contribution in [2.45, 2.75) is 28.5 Å². The van der Waals surface area contributed by atoms with Crippen molar-refractivity contribution < 1.29 is 9.53 Å². The summed E-state index contributed by atoms with van der Waals surface area (Å²) in [5, 5.41) is 7.17. The van der Waals surface area contributed by atoms with Gasteiger partial charge in [-0.1, -0.05) is 77.6 Å². The Balaban J connectivity index is 1.77. The molecule has 0 saturated heterocycles. The Labute approximate surface area is 184 Å². The molecule has 150 valence electrons. The fraction of sp³-hybridized carbons (Fsp3) is 0.167. The summed E-state index contributed by atoms with van der Waals surface area (Å²) in [7, 11) is 0. The van der Waals surface area contributed by atoms with Gasteiger partial charge < -0.3 is 4.74 Å². The molecule has 2 aliphatic heterocycles. The molecule has 0 fully saturated rings. The molecule has 4 nitrogen and oxygen atoms in total. The first kappa shape index (κ1) is 19.3. The monoisotopic (exact) mass is 432 g/mol.